The fraction of sp³-hybridized carbons (Fsp3) is 0.400. The zero-order valence-corrected chi connectivity index (χ0v) is 13.1. The monoisotopic (exact) mass is 323 g/mol. The summed E-state index contributed by atoms with van der Waals surface area (Å²) in [5, 5.41) is 12.0. The molecule has 2 aromatic heterocycles. The van der Waals surface area contributed by atoms with Crippen LogP contribution in [0.4, 0.5) is 0 Å². The van der Waals surface area contributed by atoms with Crippen molar-refractivity contribution in [1.29, 1.82) is 0 Å². The Morgan fingerprint density at radius 2 is 2.14 bits per heavy atom. The van der Waals surface area contributed by atoms with E-state index in [9.17, 15) is 9.59 Å². The van der Waals surface area contributed by atoms with E-state index in [-0.39, 0.29) is 12.3 Å². The summed E-state index contributed by atoms with van der Waals surface area (Å²) >= 11 is 5.92. The van der Waals surface area contributed by atoms with Crippen LogP contribution >= 0.6 is 11.6 Å². The summed E-state index contributed by atoms with van der Waals surface area (Å²) in [5.74, 6) is -0.977. The van der Waals surface area contributed by atoms with Gasteiger partial charge < -0.3 is 10.4 Å². The lowest BCUT2D eigenvalue weighted by atomic mass is 10.2. The summed E-state index contributed by atoms with van der Waals surface area (Å²) in [6, 6.07) is 3.41. The Morgan fingerprint density at radius 3 is 2.86 bits per heavy atom. The number of nitrogens with zero attached hydrogens (tertiary/aromatic N) is 2. The molecule has 7 heteroatoms. The van der Waals surface area contributed by atoms with Crippen molar-refractivity contribution in [3.05, 3.63) is 34.7 Å². The number of fused-ring (bicyclic) bond motifs is 1. The highest BCUT2D eigenvalue weighted by molar-refractivity contribution is 6.30. The second-order valence-electron chi connectivity index (χ2n) is 5.08. The van der Waals surface area contributed by atoms with Crippen LogP contribution in [0.15, 0.2) is 18.3 Å². The van der Waals surface area contributed by atoms with E-state index in [4.69, 9.17) is 16.7 Å². The van der Waals surface area contributed by atoms with Crippen LogP contribution in [0.25, 0.3) is 5.65 Å². The van der Waals surface area contributed by atoms with Gasteiger partial charge in [0.05, 0.1) is 5.69 Å². The smallest absolute Gasteiger partial charge is 0.303 e. The molecule has 2 N–H and O–H groups in total. The number of imidazole rings is 1. The summed E-state index contributed by atoms with van der Waals surface area (Å²) in [6.07, 6.45) is 4.04. The number of carbonyl (C=O) groups is 2. The predicted octanol–water partition coefficient (Wildman–Crippen LogP) is 2.67. The molecule has 2 rings (SSSR count). The number of aliphatic carboxylic acids is 1. The maximum absolute atomic E-state index is 12.3. The molecule has 2 heterocycles. The molecule has 0 fully saturated rings. The average molecular weight is 324 g/mol. The Labute approximate surface area is 133 Å². The van der Waals surface area contributed by atoms with Crippen LogP contribution in [0.1, 0.15) is 41.9 Å². The number of carboxylic acids is 1. The Kier molecular flexibility index (Phi) is 5.38. The number of pyridine rings is 1. The van der Waals surface area contributed by atoms with Gasteiger partial charge >= 0.3 is 5.97 Å². The van der Waals surface area contributed by atoms with Crippen LogP contribution in [0.2, 0.25) is 5.02 Å². The van der Waals surface area contributed by atoms with Crippen LogP contribution in [-0.4, -0.2) is 32.9 Å². The van der Waals surface area contributed by atoms with E-state index < -0.39 is 5.97 Å². The minimum atomic E-state index is -0.788. The van der Waals surface area contributed by atoms with Gasteiger partial charge in [0.1, 0.15) is 11.3 Å². The first-order valence-corrected chi connectivity index (χ1v) is 7.51. The van der Waals surface area contributed by atoms with Gasteiger partial charge in [-0.3, -0.25) is 14.0 Å². The van der Waals surface area contributed by atoms with Crippen molar-refractivity contribution in [2.75, 3.05) is 6.54 Å². The number of halogens is 1. The van der Waals surface area contributed by atoms with E-state index in [1.807, 2.05) is 0 Å². The molecule has 0 saturated carbocycles. The van der Waals surface area contributed by atoms with Crippen molar-refractivity contribution in [2.45, 2.75) is 32.6 Å². The van der Waals surface area contributed by atoms with Gasteiger partial charge in [0.25, 0.3) is 5.91 Å². The number of nitrogens with one attached hydrogen (secondary N) is 1. The average Bonchev–Trinajstić information content (AvgIpc) is 2.77. The first kappa shape index (κ1) is 16.3. The maximum atomic E-state index is 12.3. The van der Waals surface area contributed by atoms with Crippen molar-refractivity contribution < 1.29 is 14.7 Å². The zero-order chi connectivity index (χ0) is 16.1. The van der Waals surface area contributed by atoms with Gasteiger partial charge in [-0.2, -0.15) is 0 Å². The maximum Gasteiger partial charge on any atom is 0.303 e. The Morgan fingerprint density at radius 1 is 1.36 bits per heavy atom. The van der Waals surface area contributed by atoms with Gasteiger partial charge in [0, 0.05) is 30.3 Å². The molecule has 0 aliphatic rings. The van der Waals surface area contributed by atoms with Crippen LogP contribution in [0, 0.1) is 6.92 Å². The van der Waals surface area contributed by atoms with Crippen LogP contribution in [0.3, 0.4) is 0 Å². The van der Waals surface area contributed by atoms with Crippen molar-refractivity contribution in [1.82, 2.24) is 14.7 Å². The number of aryl methyl sites for hydroxylation is 1. The molecule has 6 nitrogen and oxygen atoms in total. The summed E-state index contributed by atoms with van der Waals surface area (Å²) in [4.78, 5) is 27.0. The Balaban J connectivity index is 1.93. The standard InChI is InChI=1S/C15H18ClN3O3/c1-10-14(19-8-6-11(16)9-12(19)18-10)15(22)17-7-4-2-3-5-13(20)21/h6,8-9H,2-5,7H2,1H3,(H,17,22)(H,20,21). The lowest BCUT2D eigenvalue weighted by molar-refractivity contribution is -0.137. The van der Waals surface area contributed by atoms with E-state index in [0.29, 0.717) is 35.0 Å². The van der Waals surface area contributed by atoms with Crippen LogP contribution in [0.5, 0.6) is 0 Å². The molecule has 118 valence electrons. The number of aromatic nitrogens is 2. The van der Waals surface area contributed by atoms with E-state index in [1.54, 1.807) is 29.7 Å². The third-order valence-corrected chi connectivity index (χ3v) is 3.57. The molecular weight excluding hydrogens is 306 g/mol. The molecule has 0 atom stereocenters. The molecule has 0 saturated heterocycles. The number of hydrogen-bond donors (Lipinski definition) is 2. The van der Waals surface area contributed by atoms with Gasteiger partial charge in [0.15, 0.2) is 0 Å². The molecule has 1 amide bonds. The topological polar surface area (TPSA) is 83.7 Å². The molecule has 0 aliphatic heterocycles. The third kappa shape index (κ3) is 3.98. The van der Waals surface area contributed by atoms with Crippen LogP contribution in [-0.2, 0) is 4.79 Å². The molecule has 0 spiro atoms. The molecule has 0 bridgehead atoms. The van der Waals surface area contributed by atoms with Crippen molar-refractivity contribution in [2.24, 2.45) is 0 Å². The SMILES string of the molecule is Cc1nc2cc(Cl)ccn2c1C(=O)NCCCCCC(=O)O. The summed E-state index contributed by atoms with van der Waals surface area (Å²) in [6.45, 7) is 2.29. The quantitative estimate of drug-likeness (QED) is 0.767. The number of carbonyl (C=O) groups excluding carboxylic acids is 1. The van der Waals surface area contributed by atoms with Gasteiger partial charge in [-0.15, -0.1) is 0 Å². The van der Waals surface area contributed by atoms with Gasteiger partial charge in [-0.1, -0.05) is 18.0 Å². The largest absolute Gasteiger partial charge is 0.481 e. The van der Waals surface area contributed by atoms with Gasteiger partial charge in [-0.05, 0) is 25.8 Å². The minimum absolute atomic E-state index is 0.168. The van der Waals surface area contributed by atoms with Gasteiger partial charge in [0.2, 0.25) is 0 Å². The number of hydrogen-bond acceptors (Lipinski definition) is 3. The molecular formula is C15H18ClN3O3. The number of carboxylic acid groups (broad SMARTS) is 1. The Bertz CT molecular complexity index is 697. The fourth-order valence-corrected chi connectivity index (χ4v) is 2.43. The van der Waals surface area contributed by atoms with Crippen LogP contribution < -0.4 is 5.32 Å². The highest BCUT2D eigenvalue weighted by atomic mass is 35.5. The molecule has 0 aromatic carbocycles. The first-order chi connectivity index (χ1) is 10.5. The fourth-order valence-electron chi connectivity index (χ4n) is 2.27. The third-order valence-electron chi connectivity index (χ3n) is 3.33. The summed E-state index contributed by atoms with van der Waals surface area (Å²) < 4.78 is 1.71. The number of unbranched alkanes of at least 4 members (excludes halogenated alkanes) is 2. The second kappa shape index (κ2) is 7.26. The molecule has 0 aliphatic carbocycles. The number of rotatable bonds is 7. The predicted molar refractivity (Wildman–Crippen MR) is 83.4 cm³/mol. The summed E-state index contributed by atoms with van der Waals surface area (Å²) in [7, 11) is 0. The molecule has 0 unspecified atom stereocenters. The molecule has 0 radical (unpaired) electrons. The van der Waals surface area contributed by atoms with Crippen molar-refractivity contribution >= 4 is 29.1 Å². The second-order valence-corrected chi connectivity index (χ2v) is 5.52. The minimum Gasteiger partial charge on any atom is -0.481 e. The van der Waals surface area contributed by atoms with E-state index in [0.717, 1.165) is 12.8 Å². The Hall–Kier alpha value is -2.08. The lowest BCUT2D eigenvalue weighted by Crippen LogP contribution is -2.26. The van der Waals surface area contributed by atoms with Crippen molar-refractivity contribution in [3.8, 4) is 0 Å². The normalized spacial score (nSPS) is 10.8. The van der Waals surface area contributed by atoms with Gasteiger partial charge in [-0.25, -0.2) is 4.98 Å². The summed E-state index contributed by atoms with van der Waals surface area (Å²) in [5.41, 5.74) is 1.78. The highest BCUT2D eigenvalue weighted by Gasteiger charge is 2.16. The van der Waals surface area contributed by atoms with E-state index in [2.05, 4.69) is 10.3 Å². The lowest BCUT2D eigenvalue weighted by Gasteiger charge is -2.06. The zero-order valence-electron chi connectivity index (χ0n) is 12.3. The highest BCUT2D eigenvalue weighted by Crippen LogP contribution is 2.16. The molecule has 2 aromatic rings. The van der Waals surface area contributed by atoms with E-state index >= 15 is 0 Å². The first-order valence-electron chi connectivity index (χ1n) is 7.13. The molecule has 22 heavy (non-hydrogen) atoms. The van der Waals surface area contributed by atoms with E-state index in [1.165, 1.54) is 0 Å². The van der Waals surface area contributed by atoms with Crippen molar-refractivity contribution in [3.63, 3.8) is 0 Å². The number of amides is 1.